The van der Waals surface area contributed by atoms with Crippen molar-refractivity contribution < 1.29 is 0 Å². The Balaban J connectivity index is 1.76. The Labute approximate surface area is 150 Å². The lowest BCUT2D eigenvalue weighted by molar-refractivity contribution is 0.700. The fourth-order valence-corrected chi connectivity index (χ4v) is 4.37. The molecule has 4 rings (SSSR count). The van der Waals surface area contributed by atoms with E-state index in [4.69, 9.17) is 16.6 Å². The molecule has 1 aromatic heterocycles. The molecule has 1 unspecified atom stereocenters. The largest absolute Gasteiger partial charge is 0.350 e. The highest BCUT2D eigenvalue weighted by Gasteiger charge is 2.31. The fourth-order valence-electron chi connectivity index (χ4n) is 3.07. The van der Waals surface area contributed by atoms with Crippen LogP contribution in [0.1, 0.15) is 13.8 Å². The third-order valence-electron chi connectivity index (χ3n) is 4.19. The predicted octanol–water partition coefficient (Wildman–Crippen LogP) is 5.64. The second-order valence-electron chi connectivity index (χ2n) is 6.08. The summed E-state index contributed by atoms with van der Waals surface area (Å²) in [6, 6.07) is 16.9. The van der Waals surface area contributed by atoms with E-state index in [0.717, 1.165) is 33.2 Å². The van der Waals surface area contributed by atoms with Crippen LogP contribution >= 0.6 is 22.9 Å². The highest BCUT2D eigenvalue weighted by atomic mass is 35.5. The van der Waals surface area contributed by atoms with Gasteiger partial charge in [-0.15, -0.1) is 11.3 Å². The van der Waals surface area contributed by atoms with Crippen LogP contribution in [0.2, 0.25) is 0 Å². The van der Waals surface area contributed by atoms with Crippen LogP contribution in [0.4, 0.5) is 11.4 Å². The van der Waals surface area contributed by atoms with E-state index in [2.05, 4.69) is 59.8 Å². The van der Waals surface area contributed by atoms with Crippen molar-refractivity contribution in [1.29, 1.82) is 0 Å². The standard InChI is InChI=1S/C19H18ClN3S/c1-12(2)23-16-10-6-9-14(17(16)22-19(23)20)18-21-15(11-24-18)13-7-4-3-5-8-13/h3-12,19,22H,1-2H3. The lowest BCUT2D eigenvalue weighted by Gasteiger charge is -2.26. The molecule has 0 bridgehead atoms. The number of hydrogen-bond acceptors (Lipinski definition) is 4. The molecule has 0 aliphatic carbocycles. The van der Waals surface area contributed by atoms with Gasteiger partial charge in [-0.05, 0) is 26.0 Å². The zero-order chi connectivity index (χ0) is 16.7. The molecule has 24 heavy (non-hydrogen) atoms. The Hall–Kier alpha value is -2.04. The molecule has 1 aliphatic heterocycles. The minimum Gasteiger partial charge on any atom is -0.350 e. The first-order valence-electron chi connectivity index (χ1n) is 7.98. The summed E-state index contributed by atoms with van der Waals surface area (Å²) in [5.41, 5.74) is 5.23. The van der Waals surface area contributed by atoms with E-state index in [1.54, 1.807) is 11.3 Å². The van der Waals surface area contributed by atoms with Crippen LogP contribution in [-0.4, -0.2) is 16.7 Å². The summed E-state index contributed by atoms with van der Waals surface area (Å²) in [7, 11) is 0. The average Bonchev–Trinajstić information content (AvgIpc) is 3.19. The Kier molecular flexibility index (Phi) is 3.94. The van der Waals surface area contributed by atoms with Crippen LogP contribution < -0.4 is 10.2 Å². The summed E-state index contributed by atoms with van der Waals surface area (Å²) >= 11 is 8.16. The number of nitrogens with one attached hydrogen (secondary N) is 1. The molecule has 122 valence electrons. The van der Waals surface area contributed by atoms with Gasteiger partial charge in [0.15, 0.2) is 5.62 Å². The number of rotatable bonds is 3. The SMILES string of the molecule is CC(C)N1c2cccc(-c3nc(-c4ccccc4)cs3)c2NC1Cl. The summed E-state index contributed by atoms with van der Waals surface area (Å²) in [5, 5.41) is 6.52. The van der Waals surface area contributed by atoms with Crippen molar-refractivity contribution in [3.8, 4) is 21.8 Å². The topological polar surface area (TPSA) is 28.2 Å². The van der Waals surface area contributed by atoms with E-state index in [9.17, 15) is 0 Å². The van der Waals surface area contributed by atoms with Crippen molar-refractivity contribution in [3.63, 3.8) is 0 Å². The van der Waals surface area contributed by atoms with Crippen LogP contribution in [-0.2, 0) is 0 Å². The normalized spacial score (nSPS) is 16.3. The number of para-hydroxylation sites is 1. The number of aromatic nitrogens is 1. The van der Waals surface area contributed by atoms with Gasteiger partial charge in [0.05, 0.1) is 17.1 Å². The number of halogens is 1. The first-order valence-corrected chi connectivity index (χ1v) is 9.30. The third kappa shape index (κ3) is 2.56. The summed E-state index contributed by atoms with van der Waals surface area (Å²) in [6.45, 7) is 4.30. The molecule has 3 aromatic rings. The molecule has 1 atom stereocenters. The molecule has 1 aliphatic rings. The summed E-state index contributed by atoms with van der Waals surface area (Å²) in [5.74, 6) is 0. The van der Waals surface area contributed by atoms with E-state index in [1.807, 2.05) is 18.2 Å². The van der Waals surface area contributed by atoms with E-state index in [0.29, 0.717) is 6.04 Å². The van der Waals surface area contributed by atoms with E-state index >= 15 is 0 Å². The van der Waals surface area contributed by atoms with Gasteiger partial charge in [-0.3, -0.25) is 0 Å². The highest BCUT2D eigenvalue weighted by Crippen LogP contribution is 2.44. The van der Waals surface area contributed by atoms with Crippen LogP contribution in [0.3, 0.4) is 0 Å². The Bertz CT molecular complexity index is 860. The van der Waals surface area contributed by atoms with E-state index in [1.165, 1.54) is 0 Å². The van der Waals surface area contributed by atoms with Crippen molar-refractivity contribution in [1.82, 2.24) is 4.98 Å². The Morgan fingerprint density at radius 2 is 1.92 bits per heavy atom. The van der Waals surface area contributed by atoms with Crippen molar-refractivity contribution in [2.24, 2.45) is 0 Å². The third-order valence-corrected chi connectivity index (χ3v) is 5.38. The van der Waals surface area contributed by atoms with Crippen LogP contribution in [0.15, 0.2) is 53.9 Å². The van der Waals surface area contributed by atoms with Gasteiger partial charge in [0.25, 0.3) is 0 Å². The van der Waals surface area contributed by atoms with Crippen molar-refractivity contribution in [2.75, 3.05) is 10.2 Å². The predicted molar refractivity (Wildman–Crippen MR) is 104 cm³/mol. The Morgan fingerprint density at radius 1 is 1.12 bits per heavy atom. The van der Waals surface area contributed by atoms with Gasteiger partial charge < -0.3 is 10.2 Å². The molecule has 2 heterocycles. The molecule has 0 saturated heterocycles. The molecule has 5 heteroatoms. The van der Waals surface area contributed by atoms with Crippen molar-refractivity contribution >= 4 is 34.3 Å². The first-order chi connectivity index (χ1) is 11.6. The lowest BCUT2D eigenvalue weighted by atomic mass is 10.1. The molecule has 1 N–H and O–H groups in total. The van der Waals surface area contributed by atoms with E-state index < -0.39 is 0 Å². The summed E-state index contributed by atoms with van der Waals surface area (Å²) in [6.07, 6.45) is 0. The zero-order valence-electron chi connectivity index (χ0n) is 13.5. The molecule has 3 nitrogen and oxygen atoms in total. The minimum absolute atomic E-state index is 0.227. The number of hydrogen-bond donors (Lipinski definition) is 1. The zero-order valence-corrected chi connectivity index (χ0v) is 15.1. The van der Waals surface area contributed by atoms with Gasteiger partial charge >= 0.3 is 0 Å². The number of thiazole rings is 1. The Morgan fingerprint density at radius 3 is 2.67 bits per heavy atom. The van der Waals surface area contributed by atoms with Gasteiger partial charge in [-0.2, -0.15) is 0 Å². The van der Waals surface area contributed by atoms with Crippen LogP contribution in [0, 0.1) is 0 Å². The van der Waals surface area contributed by atoms with Crippen LogP contribution in [0.25, 0.3) is 21.8 Å². The molecule has 2 aromatic carbocycles. The molecule has 0 spiro atoms. The van der Waals surface area contributed by atoms with Crippen LogP contribution in [0.5, 0.6) is 0 Å². The van der Waals surface area contributed by atoms with Gasteiger partial charge in [-0.25, -0.2) is 4.98 Å². The first kappa shape index (κ1) is 15.5. The summed E-state index contributed by atoms with van der Waals surface area (Å²) < 4.78 is 0. The maximum absolute atomic E-state index is 6.50. The number of nitrogens with zero attached hydrogens (tertiary/aromatic N) is 2. The number of anilines is 2. The molecule has 0 amide bonds. The maximum Gasteiger partial charge on any atom is 0.178 e. The second-order valence-corrected chi connectivity index (χ2v) is 7.36. The van der Waals surface area contributed by atoms with Crippen molar-refractivity contribution in [2.45, 2.75) is 25.5 Å². The molecule has 0 saturated carbocycles. The average molecular weight is 356 g/mol. The minimum atomic E-state index is -0.227. The summed E-state index contributed by atoms with van der Waals surface area (Å²) in [4.78, 5) is 7.03. The highest BCUT2D eigenvalue weighted by molar-refractivity contribution is 7.13. The molecule has 0 radical (unpaired) electrons. The number of fused-ring (bicyclic) bond motifs is 1. The maximum atomic E-state index is 6.50. The van der Waals surface area contributed by atoms with Gasteiger partial charge in [0.2, 0.25) is 0 Å². The van der Waals surface area contributed by atoms with Crippen molar-refractivity contribution in [3.05, 3.63) is 53.9 Å². The fraction of sp³-hybridized carbons (Fsp3) is 0.211. The quantitative estimate of drug-likeness (QED) is 0.486. The number of alkyl halides is 1. The molecule has 0 fully saturated rings. The molecular formula is C19H18ClN3S. The molecular weight excluding hydrogens is 338 g/mol. The van der Waals surface area contributed by atoms with E-state index in [-0.39, 0.29) is 5.62 Å². The van der Waals surface area contributed by atoms with Gasteiger partial charge in [0, 0.05) is 22.5 Å². The monoisotopic (exact) mass is 355 g/mol. The second kappa shape index (κ2) is 6.11. The smallest absolute Gasteiger partial charge is 0.178 e. The van der Waals surface area contributed by atoms with Gasteiger partial charge in [0.1, 0.15) is 5.01 Å². The lowest BCUT2D eigenvalue weighted by Crippen LogP contribution is -2.36. The van der Waals surface area contributed by atoms with Gasteiger partial charge in [-0.1, -0.05) is 48.0 Å². The number of benzene rings is 2.